The van der Waals surface area contributed by atoms with Gasteiger partial charge in [0.2, 0.25) is 10.1 Å². The summed E-state index contributed by atoms with van der Waals surface area (Å²) in [5.41, 5.74) is 0. The second-order valence-electron chi connectivity index (χ2n) is 4.49. The predicted octanol–water partition coefficient (Wildman–Crippen LogP) is 4.35. The second kappa shape index (κ2) is 6.19. The molecule has 1 aromatic rings. The van der Waals surface area contributed by atoms with Crippen molar-refractivity contribution in [1.82, 2.24) is 4.90 Å². The molecule has 0 saturated carbocycles. The van der Waals surface area contributed by atoms with E-state index in [0.29, 0.717) is 4.34 Å². The minimum Gasteiger partial charge on any atom is -0.317 e. The summed E-state index contributed by atoms with van der Waals surface area (Å²) < 4.78 is 29.3. The highest BCUT2D eigenvalue weighted by Gasteiger charge is 2.23. The monoisotopic (exact) mass is 326 g/mol. The zero-order chi connectivity index (χ0) is 14.8. The van der Waals surface area contributed by atoms with Crippen molar-refractivity contribution in [3.63, 3.8) is 0 Å². The summed E-state index contributed by atoms with van der Waals surface area (Å²) in [6.45, 7) is 7.15. The zero-order valence-corrected chi connectivity index (χ0v) is 13.5. The first-order chi connectivity index (χ1) is 8.65. The third-order valence-electron chi connectivity index (χ3n) is 2.33. The van der Waals surface area contributed by atoms with Gasteiger partial charge < -0.3 is 4.90 Å². The lowest BCUT2D eigenvalue weighted by Gasteiger charge is -2.28. The Morgan fingerprint density at radius 1 is 1.37 bits per heavy atom. The van der Waals surface area contributed by atoms with Crippen LogP contribution in [-0.2, 0) is 10.1 Å². The van der Waals surface area contributed by atoms with E-state index in [4.69, 9.17) is 11.6 Å². The van der Waals surface area contributed by atoms with Crippen molar-refractivity contribution in [1.29, 1.82) is 0 Å². The van der Waals surface area contributed by atoms with Crippen molar-refractivity contribution >= 4 is 39.1 Å². The molecular formula is C11H16ClFN2O2S2. The Hall–Kier alpha value is -0.660. The van der Waals surface area contributed by atoms with Crippen LogP contribution in [0.15, 0.2) is 20.7 Å². The molecule has 0 aliphatic carbocycles. The Morgan fingerprint density at radius 3 is 2.26 bits per heavy atom. The lowest BCUT2D eigenvalue weighted by Crippen LogP contribution is -2.40. The minimum atomic E-state index is -4.23. The number of carbonyl (C=O) groups excluding carboxylic acids is 1. The van der Waals surface area contributed by atoms with E-state index in [0.717, 1.165) is 11.3 Å². The molecule has 0 N–H and O–H groups in total. The van der Waals surface area contributed by atoms with E-state index < -0.39 is 16.1 Å². The molecule has 0 bridgehead atoms. The van der Waals surface area contributed by atoms with Crippen molar-refractivity contribution in [2.24, 2.45) is 4.36 Å². The van der Waals surface area contributed by atoms with Crippen LogP contribution >= 0.6 is 22.9 Å². The fraction of sp³-hybridized carbons (Fsp3) is 0.545. The fourth-order valence-electron chi connectivity index (χ4n) is 1.66. The Labute approximate surface area is 122 Å². The van der Waals surface area contributed by atoms with Crippen LogP contribution in [0.5, 0.6) is 0 Å². The first kappa shape index (κ1) is 16.4. The number of hydrogen-bond acceptors (Lipinski definition) is 3. The summed E-state index contributed by atoms with van der Waals surface area (Å²) in [6.07, 6.45) is 0. The van der Waals surface area contributed by atoms with E-state index in [-0.39, 0.29) is 16.3 Å². The first-order valence-corrected chi connectivity index (χ1v) is 8.30. The van der Waals surface area contributed by atoms with Crippen LogP contribution in [0.25, 0.3) is 0 Å². The Kier molecular flexibility index (Phi) is 5.34. The molecule has 0 fully saturated rings. The summed E-state index contributed by atoms with van der Waals surface area (Å²) in [4.78, 5) is 13.3. The normalized spacial score (nSPS) is 14.5. The molecule has 1 atom stereocenters. The highest BCUT2D eigenvalue weighted by Crippen LogP contribution is 2.28. The van der Waals surface area contributed by atoms with Gasteiger partial charge in [-0.2, -0.15) is 0 Å². The van der Waals surface area contributed by atoms with Gasteiger partial charge in [-0.05, 0) is 39.8 Å². The maximum Gasteiger partial charge on any atom is 0.354 e. The highest BCUT2D eigenvalue weighted by molar-refractivity contribution is 7.91. The molecule has 0 saturated heterocycles. The third-order valence-corrected chi connectivity index (χ3v) is 5.24. The number of thiophene rings is 1. The van der Waals surface area contributed by atoms with Gasteiger partial charge in [-0.25, -0.2) is 9.00 Å². The number of hydrogen-bond donors (Lipinski definition) is 0. The van der Waals surface area contributed by atoms with Crippen molar-refractivity contribution in [2.75, 3.05) is 0 Å². The first-order valence-electron chi connectivity index (χ1n) is 5.69. The van der Waals surface area contributed by atoms with Crippen LogP contribution in [0.1, 0.15) is 27.7 Å². The molecule has 1 rings (SSSR count). The summed E-state index contributed by atoms with van der Waals surface area (Å²) >= 11 is 6.47. The SMILES string of the molecule is CC(C)N(C(=O)N=[S@](=O)(F)c1ccc(Cl)s1)C(C)C. The van der Waals surface area contributed by atoms with E-state index in [1.807, 2.05) is 0 Å². The van der Waals surface area contributed by atoms with E-state index in [2.05, 4.69) is 4.36 Å². The van der Waals surface area contributed by atoms with Crippen molar-refractivity contribution in [3.05, 3.63) is 16.5 Å². The largest absolute Gasteiger partial charge is 0.354 e. The lowest BCUT2D eigenvalue weighted by molar-refractivity contribution is 0.175. The van der Waals surface area contributed by atoms with Crippen LogP contribution in [0.3, 0.4) is 0 Å². The average Bonchev–Trinajstić information content (AvgIpc) is 2.62. The molecule has 0 spiro atoms. The van der Waals surface area contributed by atoms with Gasteiger partial charge >= 0.3 is 6.03 Å². The van der Waals surface area contributed by atoms with Gasteiger partial charge in [-0.3, -0.25) is 0 Å². The molecule has 4 nitrogen and oxygen atoms in total. The molecular weight excluding hydrogens is 311 g/mol. The van der Waals surface area contributed by atoms with Crippen LogP contribution in [0, 0.1) is 0 Å². The minimum absolute atomic E-state index is 0.140. The third kappa shape index (κ3) is 4.15. The number of nitrogens with zero attached hydrogens (tertiary/aromatic N) is 2. The zero-order valence-electron chi connectivity index (χ0n) is 11.1. The molecule has 19 heavy (non-hydrogen) atoms. The maximum absolute atomic E-state index is 14.0. The summed E-state index contributed by atoms with van der Waals surface area (Å²) in [5.74, 6) is 0. The van der Waals surface area contributed by atoms with E-state index in [9.17, 15) is 12.9 Å². The molecule has 1 aromatic heterocycles. The van der Waals surface area contributed by atoms with Gasteiger partial charge in [0.15, 0.2) is 0 Å². The molecule has 0 aliphatic heterocycles. The number of urea groups is 1. The Balaban J connectivity index is 3.13. The molecule has 8 heteroatoms. The lowest BCUT2D eigenvalue weighted by atomic mass is 10.2. The average molecular weight is 327 g/mol. The van der Waals surface area contributed by atoms with Crippen molar-refractivity contribution in [3.8, 4) is 0 Å². The van der Waals surface area contributed by atoms with Crippen LogP contribution in [0.2, 0.25) is 4.34 Å². The molecule has 0 unspecified atom stereocenters. The molecule has 2 amide bonds. The number of amides is 2. The van der Waals surface area contributed by atoms with Crippen LogP contribution < -0.4 is 0 Å². The van der Waals surface area contributed by atoms with E-state index in [1.54, 1.807) is 27.7 Å². The van der Waals surface area contributed by atoms with Crippen molar-refractivity contribution in [2.45, 2.75) is 44.0 Å². The quantitative estimate of drug-likeness (QED) is 0.775. The predicted molar refractivity (Wildman–Crippen MR) is 76.8 cm³/mol. The van der Waals surface area contributed by atoms with Gasteiger partial charge in [0.1, 0.15) is 4.21 Å². The van der Waals surface area contributed by atoms with Gasteiger partial charge in [0.05, 0.1) is 4.34 Å². The van der Waals surface area contributed by atoms with Gasteiger partial charge in [-0.1, -0.05) is 11.6 Å². The van der Waals surface area contributed by atoms with E-state index >= 15 is 0 Å². The van der Waals surface area contributed by atoms with Gasteiger partial charge in [-0.15, -0.1) is 19.6 Å². The van der Waals surface area contributed by atoms with Gasteiger partial charge in [0.25, 0.3) is 0 Å². The number of rotatable bonds is 3. The van der Waals surface area contributed by atoms with Crippen LogP contribution in [0.4, 0.5) is 8.68 Å². The smallest absolute Gasteiger partial charge is 0.317 e. The maximum atomic E-state index is 14.0. The molecule has 108 valence electrons. The second-order valence-corrected chi connectivity index (χ2v) is 8.00. The fourth-order valence-corrected chi connectivity index (χ4v) is 3.99. The molecule has 0 aromatic carbocycles. The summed E-state index contributed by atoms with van der Waals surface area (Å²) in [7, 11) is -4.23. The molecule has 0 aliphatic rings. The van der Waals surface area contributed by atoms with Crippen LogP contribution in [-0.4, -0.2) is 27.2 Å². The van der Waals surface area contributed by atoms with E-state index in [1.165, 1.54) is 17.0 Å². The molecule has 0 radical (unpaired) electrons. The summed E-state index contributed by atoms with van der Waals surface area (Å²) in [6, 6.07) is 1.57. The van der Waals surface area contributed by atoms with Gasteiger partial charge in [0, 0.05) is 12.1 Å². The topological polar surface area (TPSA) is 49.7 Å². The Bertz CT molecular complexity index is 569. The summed E-state index contributed by atoms with van der Waals surface area (Å²) in [5, 5.41) is 0. The standard InChI is InChI=1S/C11H16ClFN2O2S2/c1-7(2)15(8(3)4)11(16)14-19(13,17)10-6-5-9(12)18-10/h5-8H,1-4H3/t19-/m1/s1. The van der Waals surface area contributed by atoms with Crippen molar-refractivity contribution < 1.29 is 12.9 Å². The molecule has 1 heterocycles. The number of carbonyl (C=O) groups is 1. The number of halogens is 2. The highest BCUT2D eigenvalue weighted by atomic mass is 35.5. The Morgan fingerprint density at radius 2 is 1.89 bits per heavy atom.